The van der Waals surface area contributed by atoms with Crippen molar-refractivity contribution in [3.8, 4) is 5.75 Å². The first-order chi connectivity index (χ1) is 16.6. The van der Waals surface area contributed by atoms with Gasteiger partial charge in [0.25, 0.3) is 0 Å². The fourth-order valence-electron chi connectivity index (χ4n) is 3.16. The van der Waals surface area contributed by atoms with Crippen molar-refractivity contribution in [3.05, 3.63) is 65.7 Å². The van der Waals surface area contributed by atoms with Crippen LogP contribution >= 0.6 is 12.6 Å². The van der Waals surface area contributed by atoms with Crippen LogP contribution in [0.25, 0.3) is 0 Å². The second-order valence-electron chi connectivity index (χ2n) is 8.04. The fraction of sp³-hybridized carbons (Fsp3) is 0.333. The van der Waals surface area contributed by atoms with Gasteiger partial charge < -0.3 is 31.9 Å². The number of carboxylic acids is 1. The molecule has 188 valence electrons. The van der Waals surface area contributed by atoms with E-state index in [1.54, 1.807) is 36.4 Å². The number of carbonyl (C=O) groups is 4. The molecule has 0 radical (unpaired) electrons. The first kappa shape index (κ1) is 27.7. The number of rotatable bonds is 12. The van der Waals surface area contributed by atoms with E-state index in [4.69, 9.17) is 5.73 Å². The first-order valence-corrected chi connectivity index (χ1v) is 11.6. The number of nitrogens with one attached hydrogen (secondary N) is 3. The van der Waals surface area contributed by atoms with Gasteiger partial charge in [-0.15, -0.1) is 0 Å². The van der Waals surface area contributed by atoms with E-state index in [2.05, 4.69) is 28.6 Å². The van der Waals surface area contributed by atoms with Crippen molar-refractivity contribution < 1.29 is 29.4 Å². The van der Waals surface area contributed by atoms with Gasteiger partial charge in [-0.1, -0.05) is 42.5 Å². The summed E-state index contributed by atoms with van der Waals surface area (Å²) in [5, 5.41) is 26.4. The van der Waals surface area contributed by atoms with Crippen LogP contribution in [-0.2, 0) is 32.0 Å². The second kappa shape index (κ2) is 13.4. The fourth-order valence-corrected chi connectivity index (χ4v) is 3.33. The van der Waals surface area contributed by atoms with Crippen molar-refractivity contribution in [3.63, 3.8) is 0 Å². The molecule has 3 amide bonds. The van der Waals surface area contributed by atoms with Crippen molar-refractivity contribution in [1.29, 1.82) is 0 Å². The van der Waals surface area contributed by atoms with Crippen molar-refractivity contribution in [1.82, 2.24) is 16.0 Å². The molecule has 2 rings (SSSR count). The molecule has 0 aromatic heterocycles. The average molecular weight is 503 g/mol. The maximum Gasteiger partial charge on any atom is 0.326 e. The van der Waals surface area contributed by atoms with E-state index in [0.717, 1.165) is 5.56 Å². The highest BCUT2D eigenvalue weighted by Crippen LogP contribution is 2.12. The Hall–Kier alpha value is -3.57. The summed E-state index contributed by atoms with van der Waals surface area (Å²) in [6.07, 6.45) is 0.140. The molecule has 0 fully saturated rings. The molecule has 0 saturated carbocycles. The molecule has 4 atom stereocenters. The Bertz CT molecular complexity index is 1020. The van der Waals surface area contributed by atoms with E-state index in [9.17, 15) is 29.4 Å². The predicted molar refractivity (Wildman–Crippen MR) is 133 cm³/mol. The summed E-state index contributed by atoms with van der Waals surface area (Å²) in [5.41, 5.74) is 7.09. The highest BCUT2D eigenvalue weighted by molar-refractivity contribution is 7.80. The van der Waals surface area contributed by atoms with Crippen LogP contribution in [0.5, 0.6) is 5.75 Å². The highest BCUT2D eigenvalue weighted by atomic mass is 32.1. The van der Waals surface area contributed by atoms with Crippen LogP contribution in [0.2, 0.25) is 0 Å². The number of nitrogens with two attached hydrogens (primary N) is 1. The van der Waals surface area contributed by atoms with Crippen molar-refractivity contribution in [2.45, 2.75) is 43.9 Å². The van der Waals surface area contributed by atoms with Gasteiger partial charge in [-0.2, -0.15) is 12.6 Å². The van der Waals surface area contributed by atoms with Crippen molar-refractivity contribution in [2.75, 3.05) is 5.75 Å². The smallest absolute Gasteiger partial charge is 0.326 e. The molecule has 4 unspecified atom stereocenters. The van der Waals surface area contributed by atoms with Gasteiger partial charge in [0.1, 0.15) is 23.9 Å². The number of phenols is 1. The van der Waals surface area contributed by atoms with Gasteiger partial charge in [-0.25, -0.2) is 4.79 Å². The molecule has 35 heavy (non-hydrogen) atoms. The summed E-state index contributed by atoms with van der Waals surface area (Å²) >= 11 is 4.00. The summed E-state index contributed by atoms with van der Waals surface area (Å²) < 4.78 is 0. The third-order valence-corrected chi connectivity index (χ3v) is 5.59. The molecular weight excluding hydrogens is 472 g/mol. The Balaban J connectivity index is 2.06. The summed E-state index contributed by atoms with van der Waals surface area (Å²) in [7, 11) is 0. The monoisotopic (exact) mass is 502 g/mol. The third-order valence-electron chi connectivity index (χ3n) is 5.19. The van der Waals surface area contributed by atoms with Crippen molar-refractivity contribution >= 4 is 36.3 Å². The maximum absolute atomic E-state index is 12.9. The number of hydrogen-bond acceptors (Lipinski definition) is 7. The van der Waals surface area contributed by atoms with Crippen LogP contribution in [0.3, 0.4) is 0 Å². The summed E-state index contributed by atoms with van der Waals surface area (Å²) in [5.74, 6) is -3.02. The number of aliphatic carboxylic acids is 1. The summed E-state index contributed by atoms with van der Waals surface area (Å²) in [6.45, 7) is 1.41. The summed E-state index contributed by atoms with van der Waals surface area (Å²) in [4.78, 5) is 49.5. The molecule has 2 aromatic carbocycles. The number of hydrogen-bond donors (Lipinski definition) is 7. The predicted octanol–water partition coefficient (Wildman–Crippen LogP) is -0.00660. The van der Waals surface area contributed by atoms with Gasteiger partial charge >= 0.3 is 5.97 Å². The lowest BCUT2D eigenvalue weighted by Crippen LogP contribution is -2.57. The Morgan fingerprint density at radius 3 is 1.94 bits per heavy atom. The number of carboxylic acid groups (broad SMARTS) is 1. The Morgan fingerprint density at radius 1 is 0.829 bits per heavy atom. The molecule has 0 aliphatic heterocycles. The Labute approximate surface area is 208 Å². The third kappa shape index (κ3) is 8.95. The lowest BCUT2D eigenvalue weighted by Gasteiger charge is -2.23. The number of thiol groups is 1. The zero-order valence-corrected chi connectivity index (χ0v) is 20.1. The molecule has 10 nitrogen and oxygen atoms in total. The van der Waals surface area contributed by atoms with Gasteiger partial charge in [0.15, 0.2) is 0 Å². The zero-order valence-electron chi connectivity index (χ0n) is 19.2. The normalized spacial score (nSPS) is 14.1. The van der Waals surface area contributed by atoms with E-state index in [-0.39, 0.29) is 24.3 Å². The van der Waals surface area contributed by atoms with E-state index < -0.39 is 47.9 Å². The van der Waals surface area contributed by atoms with Gasteiger partial charge in [-0.05, 0) is 30.2 Å². The van der Waals surface area contributed by atoms with Crippen LogP contribution in [0.1, 0.15) is 18.1 Å². The molecule has 11 heteroatoms. The molecule has 0 heterocycles. The quantitative estimate of drug-likeness (QED) is 0.200. The SMILES string of the molecule is CC(NC(=O)C(Cc1ccccc1)NC(=O)C(N)CS)C(=O)NC(Cc1ccc(O)cc1)C(=O)O. The summed E-state index contributed by atoms with van der Waals surface area (Å²) in [6, 6.07) is 10.7. The maximum atomic E-state index is 12.9. The first-order valence-electron chi connectivity index (χ1n) is 10.9. The molecule has 0 aliphatic carbocycles. The second-order valence-corrected chi connectivity index (χ2v) is 8.41. The number of phenolic OH excluding ortho intramolecular Hbond substituents is 1. The molecule has 0 aliphatic rings. The number of amides is 3. The topological polar surface area (TPSA) is 171 Å². The minimum Gasteiger partial charge on any atom is -0.508 e. The number of carbonyl (C=O) groups excluding carboxylic acids is 3. The van der Waals surface area contributed by atoms with Crippen LogP contribution < -0.4 is 21.7 Å². The highest BCUT2D eigenvalue weighted by Gasteiger charge is 2.28. The zero-order chi connectivity index (χ0) is 26.0. The molecule has 0 saturated heterocycles. The standard InChI is InChI=1S/C24H30N4O6S/c1-14(21(30)28-20(24(33)34)12-16-7-9-17(29)10-8-16)26-23(32)19(27-22(31)18(25)13-35)11-15-5-3-2-4-6-15/h2-10,14,18-20,29,35H,11-13,25H2,1H3,(H,26,32)(H,27,31)(H,28,30)(H,33,34). The van der Waals surface area contributed by atoms with E-state index in [0.29, 0.717) is 5.56 Å². The molecule has 2 aromatic rings. The van der Waals surface area contributed by atoms with Crippen LogP contribution in [-0.4, -0.2) is 63.8 Å². The van der Waals surface area contributed by atoms with Gasteiger partial charge in [0.2, 0.25) is 17.7 Å². The minimum atomic E-state index is -1.25. The Kier molecular flexibility index (Phi) is 10.6. The average Bonchev–Trinajstić information content (AvgIpc) is 2.84. The van der Waals surface area contributed by atoms with E-state index in [1.807, 2.05) is 6.07 Å². The lowest BCUT2D eigenvalue weighted by atomic mass is 10.0. The number of benzene rings is 2. The van der Waals surface area contributed by atoms with Gasteiger partial charge in [-0.3, -0.25) is 14.4 Å². The molecular formula is C24H30N4O6S. The van der Waals surface area contributed by atoms with E-state index >= 15 is 0 Å². The Morgan fingerprint density at radius 2 is 1.37 bits per heavy atom. The minimum absolute atomic E-state index is 0.0175. The van der Waals surface area contributed by atoms with Gasteiger partial charge in [0.05, 0.1) is 6.04 Å². The molecule has 7 N–H and O–H groups in total. The van der Waals surface area contributed by atoms with Crippen LogP contribution in [0.4, 0.5) is 0 Å². The van der Waals surface area contributed by atoms with Crippen LogP contribution in [0.15, 0.2) is 54.6 Å². The van der Waals surface area contributed by atoms with E-state index in [1.165, 1.54) is 19.1 Å². The van der Waals surface area contributed by atoms with Crippen LogP contribution in [0, 0.1) is 0 Å². The van der Waals surface area contributed by atoms with Crippen molar-refractivity contribution in [2.24, 2.45) is 5.73 Å². The largest absolute Gasteiger partial charge is 0.508 e. The number of aromatic hydroxyl groups is 1. The lowest BCUT2D eigenvalue weighted by molar-refractivity contribution is -0.142. The van der Waals surface area contributed by atoms with Gasteiger partial charge in [0, 0.05) is 18.6 Å². The molecule has 0 bridgehead atoms. The molecule has 0 spiro atoms.